The molecule has 0 saturated heterocycles. The second-order valence-electron chi connectivity index (χ2n) is 3.99. The highest BCUT2D eigenvalue weighted by atomic mass is 16.4. The van der Waals surface area contributed by atoms with Gasteiger partial charge >= 0.3 is 5.97 Å². The summed E-state index contributed by atoms with van der Waals surface area (Å²) in [5.41, 5.74) is 3.76. The second-order valence-corrected chi connectivity index (χ2v) is 3.99. The fourth-order valence-electron chi connectivity index (χ4n) is 1.94. The molecule has 2 heterocycles. The van der Waals surface area contributed by atoms with Crippen LogP contribution in [0.15, 0.2) is 12.3 Å². The van der Waals surface area contributed by atoms with Crippen molar-refractivity contribution in [1.82, 2.24) is 15.0 Å². The molecule has 0 unspecified atom stereocenters. The standard InChI is InChI=1S/C12H13N3O2/c1-6-4-7(2)14-8(3)10(6)11-13-5-9(15-11)12(16)17/h4-5H,1-3H3,(H,13,15)(H,16,17). The Hall–Kier alpha value is -2.17. The Balaban J connectivity index is 2.56. The number of aromatic carboxylic acids is 1. The number of carbonyl (C=O) groups is 1. The number of hydrogen-bond acceptors (Lipinski definition) is 3. The number of carboxylic acid groups (broad SMARTS) is 1. The lowest BCUT2D eigenvalue weighted by Crippen LogP contribution is -1.98. The zero-order valence-corrected chi connectivity index (χ0v) is 9.90. The van der Waals surface area contributed by atoms with Crippen molar-refractivity contribution in [1.29, 1.82) is 0 Å². The third kappa shape index (κ3) is 2.04. The van der Waals surface area contributed by atoms with Crippen molar-refractivity contribution < 1.29 is 9.90 Å². The van der Waals surface area contributed by atoms with Crippen molar-refractivity contribution in [3.63, 3.8) is 0 Å². The first-order valence-corrected chi connectivity index (χ1v) is 5.22. The van der Waals surface area contributed by atoms with Crippen LogP contribution in [-0.2, 0) is 0 Å². The maximum atomic E-state index is 10.8. The van der Waals surface area contributed by atoms with Crippen LogP contribution >= 0.6 is 0 Å². The highest BCUT2D eigenvalue weighted by Gasteiger charge is 2.13. The molecule has 2 N–H and O–H groups in total. The lowest BCUT2D eigenvalue weighted by molar-refractivity contribution is 0.0691. The summed E-state index contributed by atoms with van der Waals surface area (Å²) in [4.78, 5) is 22.0. The zero-order valence-electron chi connectivity index (χ0n) is 9.90. The van der Waals surface area contributed by atoms with Gasteiger partial charge in [-0.15, -0.1) is 0 Å². The lowest BCUT2D eigenvalue weighted by atomic mass is 10.1. The molecule has 0 aliphatic rings. The maximum absolute atomic E-state index is 10.8. The van der Waals surface area contributed by atoms with Crippen LogP contribution in [0.3, 0.4) is 0 Å². The van der Waals surface area contributed by atoms with Crippen LogP contribution in [0.25, 0.3) is 11.4 Å². The van der Waals surface area contributed by atoms with Crippen molar-refractivity contribution in [2.45, 2.75) is 20.8 Å². The van der Waals surface area contributed by atoms with Crippen molar-refractivity contribution in [3.05, 3.63) is 34.9 Å². The van der Waals surface area contributed by atoms with E-state index in [-0.39, 0.29) is 5.69 Å². The normalized spacial score (nSPS) is 10.5. The van der Waals surface area contributed by atoms with Crippen LogP contribution in [0.1, 0.15) is 27.4 Å². The van der Waals surface area contributed by atoms with Gasteiger partial charge in [-0.2, -0.15) is 0 Å². The molecule has 0 radical (unpaired) electrons. The number of hydrogen-bond donors (Lipinski definition) is 2. The molecule has 2 aromatic rings. The minimum Gasteiger partial charge on any atom is -0.477 e. The van der Waals surface area contributed by atoms with E-state index in [0.717, 1.165) is 22.5 Å². The van der Waals surface area contributed by atoms with Gasteiger partial charge in [0.1, 0.15) is 11.5 Å². The summed E-state index contributed by atoms with van der Waals surface area (Å²) < 4.78 is 0. The number of nitrogens with one attached hydrogen (secondary N) is 1. The molecule has 0 atom stereocenters. The molecule has 2 aromatic heterocycles. The number of nitrogens with zero attached hydrogens (tertiary/aromatic N) is 2. The number of aromatic nitrogens is 3. The highest BCUT2D eigenvalue weighted by Crippen LogP contribution is 2.23. The predicted molar refractivity (Wildman–Crippen MR) is 63.0 cm³/mol. The summed E-state index contributed by atoms with van der Waals surface area (Å²) in [6.45, 7) is 5.77. The van der Waals surface area contributed by atoms with Gasteiger partial charge in [-0.3, -0.25) is 4.98 Å². The minimum atomic E-state index is -1.01. The molecule has 5 heteroatoms. The fraction of sp³-hybridized carbons (Fsp3) is 0.250. The van der Waals surface area contributed by atoms with Gasteiger partial charge in [0.15, 0.2) is 0 Å². The topological polar surface area (TPSA) is 78.9 Å². The van der Waals surface area contributed by atoms with Gasteiger partial charge in [-0.05, 0) is 32.4 Å². The molecule has 0 spiro atoms. The van der Waals surface area contributed by atoms with Gasteiger partial charge in [0.05, 0.1) is 6.20 Å². The number of H-pyrrole nitrogens is 1. The molecule has 0 aromatic carbocycles. The molecular formula is C12H13N3O2. The third-order valence-corrected chi connectivity index (χ3v) is 2.57. The monoisotopic (exact) mass is 231 g/mol. The van der Waals surface area contributed by atoms with E-state index >= 15 is 0 Å². The highest BCUT2D eigenvalue weighted by molar-refractivity contribution is 5.86. The van der Waals surface area contributed by atoms with Crippen molar-refractivity contribution in [3.8, 4) is 11.4 Å². The van der Waals surface area contributed by atoms with Crippen LogP contribution in [0, 0.1) is 20.8 Å². The predicted octanol–water partition coefficient (Wildman–Crippen LogP) is 2.10. The summed E-state index contributed by atoms with van der Waals surface area (Å²) in [6, 6.07) is 1.95. The quantitative estimate of drug-likeness (QED) is 0.829. The molecule has 2 rings (SSSR count). The molecule has 17 heavy (non-hydrogen) atoms. The van der Waals surface area contributed by atoms with Crippen LogP contribution in [-0.4, -0.2) is 26.0 Å². The molecular weight excluding hydrogens is 218 g/mol. The Labute approximate surface area is 98.6 Å². The molecule has 0 aliphatic carbocycles. The van der Waals surface area contributed by atoms with Crippen LogP contribution in [0.5, 0.6) is 0 Å². The van der Waals surface area contributed by atoms with Gasteiger partial charge in [0.25, 0.3) is 0 Å². The molecule has 88 valence electrons. The zero-order chi connectivity index (χ0) is 12.6. The molecule has 0 amide bonds. The summed E-state index contributed by atoms with van der Waals surface area (Å²) in [5.74, 6) is -0.468. The van der Waals surface area contributed by atoms with Crippen molar-refractivity contribution >= 4 is 5.97 Å². The molecule has 0 bridgehead atoms. The lowest BCUT2D eigenvalue weighted by Gasteiger charge is -2.07. The maximum Gasteiger partial charge on any atom is 0.353 e. The molecule has 5 nitrogen and oxygen atoms in total. The van der Waals surface area contributed by atoms with E-state index in [1.54, 1.807) is 0 Å². The van der Waals surface area contributed by atoms with Gasteiger partial charge < -0.3 is 10.1 Å². The fourth-order valence-corrected chi connectivity index (χ4v) is 1.94. The Kier molecular flexibility index (Phi) is 2.67. The number of rotatable bonds is 2. The molecule has 0 saturated carbocycles. The van der Waals surface area contributed by atoms with Crippen LogP contribution < -0.4 is 0 Å². The van der Waals surface area contributed by atoms with Gasteiger partial charge in [0.2, 0.25) is 0 Å². The van der Waals surface area contributed by atoms with Gasteiger partial charge in [-0.1, -0.05) is 0 Å². The number of pyridine rings is 1. The minimum absolute atomic E-state index is 0.0828. The molecule has 0 fully saturated rings. The molecule has 0 aliphatic heterocycles. The van der Waals surface area contributed by atoms with E-state index in [0.29, 0.717) is 5.82 Å². The number of aromatic amines is 1. The van der Waals surface area contributed by atoms with E-state index in [1.807, 2.05) is 26.8 Å². The Morgan fingerprint density at radius 2 is 2.06 bits per heavy atom. The van der Waals surface area contributed by atoms with Crippen LogP contribution in [0.2, 0.25) is 0 Å². The van der Waals surface area contributed by atoms with Crippen molar-refractivity contribution in [2.24, 2.45) is 0 Å². The number of imidazole rings is 1. The summed E-state index contributed by atoms with van der Waals surface area (Å²) in [6.07, 6.45) is 1.32. The smallest absolute Gasteiger partial charge is 0.353 e. The van der Waals surface area contributed by atoms with Crippen LogP contribution in [0.4, 0.5) is 0 Å². The Morgan fingerprint density at radius 3 is 2.59 bits per heavy atom. The summed E-state index contributed by atoms with van der Waals surface area (Å²) >= 11 is 0. The third-order valence-electron chi connectivity index (χ3n) is 2.57. The average molecular weight is 231 g/mol. The summed E-state index contributed by atoms with van der Waals surface area (Å²) in [7, 11) is 0. The average Bonchev–Trinajstić information content (AvgIpc) is 2.65. The van der Waals surface area contributed by atoms with E-state index < -0.39 is 5.97 Å². The van der Waals surface area contributed by atoms with Gasteiger partial charge in [0, 0.05) is 17.0 Å². The van der Waals surface area contributed by atoms with Crippen molar-refractivity contribution in [2.75, 3.05) is 0 Å². The SMILES string of the molecule is Cc1cc(C)c(-c2ncc(C(=O)O)[nH]2)c(C)n1. The first-order valence-electron chi connectivity index (χ1n) is 5.22. The van der Waals surface area contributed by atoms with E-state index in [9.17, 15) is 4.79 Å². The number of carboxylic acids is 1. The largest absolute Gasteiger partial charge is 0.477 e. The first kappa shape index (κ1) is 11.3. The van der Waals surface area contributed by atoms with E-state index in [1.165, 1.54) is 6.20 Å². The van der Waals surface area contributed by atoms with Gasteiger partial charge in [-0.25, -0.2) is 9.78 Å². The first-order chi connectivity index (χ1) is 7.99. The summed E-state index contributed by atoms with van der Waals surface area (Å²) in [5, 5.41) is 8.84. The Bertz CT molecular complexity index is 564. The number of aryl methyl sites for hydroxylation is 3. The second kappa shape index (κ2) is 4.01. The van der Waals surface area contributed by atoms with E-state index in [2.05, 4.69) is 15.0 Å². The van der Waals surface area contributed by atoms with E-state index in [4.69, 9.17) is 5.11 Å². The Morgan fingerprint density at radius 1 is 1.35 bits per heavy atom.